The zero-order valence-electron chi connectivity index (χ0n) is 4.76. The Labute approximate surface area is 53.7 Å². The normalized spacial score (nSPS) is 30.4. The first-order valence-corrected chi connectivity index (χ1v) is 3.91. The van der Waals surface area contributed by atoms with Gasteiger partial charge in [0.2, 0.25) is 0 Å². The van der Waals surface area contributed by atoms with Crippen molar-refractivity contribution < 1.29 is 5.11 Å². The third-order valence-electron chi connectivity index (χ3n) is 1.21. The highest BCUT2D eigenvalue weighted by Crippen LogP contribution is 2.11. The van der Waals surface area contributed by atoms with Crippen molar-refractivity contribution in [2.24, 2.45) is 0 Å². The quantitative estimate of drug-likeness (QED) is 0.514. The lowest BCUT2D eigenvalue weighted by Gasteiger charge is -2.19. The maximum atomic E-state index is 8.63. The Bertz CT molecular complexity index is 63.4. The number of aliphatic hydroxyl groups excluding tert-OH is 1. The lowest BCUT2D eigenvalue weighted by atomic mass is 10.4. The summed E-state index contributed by atoms with van der Waals surface area (Å²) >= 11 is 1.85. The van der Waals surface area contributed by atoms with Crippen LogP contribution in [0.15, 0.2) is 0 Å². The van der Waals surface area contributed by atoms with Crippen LogP contribution in [0, 0.1) is 0 Å². The van der Waals surface area contributed by atoms with Gasteiger partial charge in [-0.3, -0.25) is 0 Å². The summed E-state index contributed by atoms with van der Waals surface area (Å²) in [5.41, 5.74) is 0. The SMILES string of the molecule is OCC1CNCCS1. The third kappa shape index (κ3) is 1.65. The van der Waals surface area contributed by atoms with Crippen LogP contribution in [0.25, 0.3) is 0 Å². The van der Waals surface area contributed by atoms with Crippen molar-refractivity contribution in [3.8, 4) is 0 Å². The van der Waals surface area contributed by atoms with Gasteiger partial charge in [-0.25, -0.2) is 0 Å². The Morgan fingerprint density at radius 2 is 2.62 bits per heavy atom. The van der Waals surface area contributed by atoms with Gasteiger partial charge in [-0.05, 0) is 0 Å². The molecule has 1 aliphatic heterocycles. The molecule has 1 heterocycles. The van der Waals surface area contributed by atoms with Gasteiger partial charge in [0.15, 0.2) is 0 Å². The molecule has 0 amide bonds. The molecule has 1 unspecified atom stereocenters. The van der Waals surface area contributed by atoms with Crippen molar-refractivity contribution in [3.63, 3.8) is 0 Å². The average Bonchev–Trinajstić information content (AvgIpc) is 1.90. The van der Waals surface area contributed by atoms with Crippen LogP contribution < -0.4 is 5.32 Å². The van der Waals surface area contributed by atoms with E-state index in [0.29, 0.717) is 11.9 Å². The first-order valence-electron chi connectivity index (χ1n) is 2.86. The molecule has 0 aromatic carbocycles. The molecule has 0 saturated carbocycles. The lowest BCUT2D eigenvalue weighted by molar-refractivity contribution is 0.290. The summed E-state index contributed by atoms with van der Waals surface area (Å²) in [6.07, 6.45) is 0. The Balaban J connectivity index is 2.13. The largest absolute Gasteiger partial charge is 0.395 e. The Kier molecular flexibility index (Phi) is 2.66. The van der Waals surface area contributed by atoms with Crippen LogP contribution in [-0.2, 0) is 0 Å². The van der Waals surface area contributed by atoms with E-state index in [0.717, 1.165) is 18.8 Å². The third-order valence-corrected chi connectivity index (χ3v) is 2.44. The molecule has 1 fully saturated rings. The van der Waals surface area contributed by atoms with Gasteiger partial charge >= 0.3 is 0 Å². The van der Waals surface area contributed by atoms with Gasteiger partial charge in [0.05, 0.1) is 6.61 Å². The standard InChI is InChI=1S/C5H11NOS/c7-4-5-3-6-1-2-8-5/h5-7H,1-4H2. The van der Waals surface area contributed by atoms with E-state index in [-0.39, 0.29) is 0 Å². The van der Waals surface area contributed by atoms with E-state index in [4.69, 9.17) is 5.11 Å². The minimum Gasteiger partial charge on any atom is -0.395 e. The summed E-state index contributed by atoms with van der Waals surface area (Å²) in [6, 6.07) is 0. The topological polar surface area (TPSA) is 32.3 Å². The first kappa shape index (κ1) is 6.39. The second kappa shape index (κ2) is 3.33. The minimum absolute atomic E-state index is 0.317. The molecular formula is C5H11NOS. The van der Waals surface area contributed by atoms with Crippen molar-refractivity contribution in [2.45, 2.75) is 5.25 Å². The van der Waals surface area contributed by atoms with Gasteiger partial charge in [0.25, 0.3) is 0 Å². The number of hydrogen-bond acceptors (Lipinski definition) is 3. The predicted molar refractivity (Wildman–Crippen MR) is 36.2 cm³/mol. The summed E-state index contributed by atoms with van der Waals surface area (Å²) in [5.74, 6) is 1.14. The monoisotopic (exact) mass is 133 g/mol. The van der Waals surface area contributed by atoms with E-state index >= 15 is 0 Å². The zero-order chi connectivity index (χ0) is 5.82. The molecule has 1 aliphatic rings. The van der Waals surface area contributed by atoms with Gasteiger partial charge in [-0.15, -0.1) is 0 Å². The van der Waals surface area contributed by atoms with Crippen LogP contribution in [0.1, 0.15) is 0 Å². The fourth-order valence-electron chi connectivity index (χ4n) is 0.737. The van der Waals surface area contributed by atoms with Crippen LogP contribution in [0.2, 0.25) is 0 Å². The predicted octanol–water partition coefficient (Wildman–Crippen LogP) is -0.316. The lowest BCUT2D eigenvalue weighted by Crippen LogP contribution is -2.34. The molecule has 0 spiro atoms. The minimum atomic E-state index is 0.317. The highest BCUT2D eigenvalue weighted by atomic mass is 32.2. The molecule has 0 bridgehead atoms. The van der Waals surface area contributed by atoms with E-state index in [9.17, 15) is 0 Å². The first-order chi connectivity index (χ1) is 3.93. The molecule has 0 aromatic heterocycles. The Morgan fingerprint density at radius 3 is 3.00 bits per heavy atom. The molecule has 0 aliphatic carbocycles. The van der Waals surface area contributed by atoms with Gasteiger partial charge < -0.3 is 10.4 Å². The Hall–Kier alpha value is 0.270. The van der Waals surface area contributed by atoms with E-state index < -0.39 is 0 Å². The number of hydrogen-bond donors (Lipinski definition) is 2. The van der Waals surface area contributed by atoms with Crippen LogP contribution in [0.4, 0.5) is 0 Å². The highest BCUT2D eigenvalue weighted by Gasteiger charge is 2.10. The molecule has 48 valence electrons. The maximum absolute atomic E-state index is 8.63. The molecule has 8 heavy (non-hydrogen) atoms. The molecular weight excluding hydrogens is 122 g/mol. The summed E-state index contributed by atoms with van der Waals surface area (Å²) in [5, 5.41) is 12.3. The number of nitrogens with one attached hydrogen (secondary N) is 1. The molecule has 1 saturated heterocycles. The highest BCUT2D eigenvalue weighted by molar-refractivity contribution is 8.00. The zero-order valence-corrected chi connectivity index (χ0v) is 5.58. The second-order valence-corrected chi connectivity index (χ2v) is 3.29. The van der Waals surface area contributed by atoms with E-state index in [1.54, 1.807) is 0 Å². The summed E-state index contributed by atoms with van der Waals surface area (Å²) in [7, 11) is 0. The molecule has 2 N–H and O–H groups in total. The second-order valence-electron chi connectivity index (χ2n) is 1.88. The van der Waals surface area contributed by atoms with Crippen molar-refractivity contribution in [2.75, 3.05) is 25.4 Å². The van der Waals surface area contributed by atoms with Crippen molar-refractivity contribution in [1.29, 1.82) is 0 Å². The van der Waals surface area contributed by atoms with Crippen molar-refractivity contribution >= 4 is 11.8 Å². The molecule has 3 heteroatoms. The fraction of sp³-hybridized carbons (Fsp3) is 1.00. The molecule has 1 atom stereocenters. The van der Waals surface area contributed by atoms with E-state index in [1.807, 2.05) is 11.8 Å². The van der Waals surface area contributed by atoms with Gasteiger partial charge in [0, 0.05) is 24.1 Å². The van der Waals surface area contributed by atoms with Gasteiger partial charge in [-0.2, -0.15) is 11.8 Å². The average molecular weight is 133 g/mol. The van der Waals surface area contributed by atoms with Crippen LogP contribution in [0.3, 0.4) is 0 Å². The maximum Gasteiger partial charge on any atom is 0.0562 e. The summed E-state index contributed by atoms with van der Waals surface area (Å²) < 4.78 is 0. The summed E-state index contributed by atoms with van der Waals surface area (Å²) in [4.78, 5) is 0. The molecule has 0 radical (unpaired) electrons. The van der Waals surface area contributed by atoms with Crippen LogP contribution in [0.5, 0.6) is 0 Å². The van der Waals surface area contributed by atoms with Gasteiger partial charge in [0.1, 0.15) is 0 Å². The van der Waals surface area contributed by atoms with Crippen LogP contribution >= 0.6 is 11.8 Å². The van der Waals surface area contributed by atoms with Crippen molar-refractivity contribution in [1.82, 2.24) is 5.32 Å². The number of aliphatic hydroxyl groups is 1. The smallest absolute Gasteiger partial charge is 0.0562 e. The Morgan fingerprint density at radius 1 is 1.75 bits per heavy atom. The van der Waals surface area contributed by atoms with E-state index in [1.165, 1.54) is 0 Å². The fourth-order valence-corrected chi connectivity index (χ4v) is 1.67. The van der Waals surface area contributed by atoms with Crippen molar-refractivity contribution in [3.05, 3.63) is 0 Å². The molecule has 0 aromatic rings. The number of thioether (sulfide) groups is 1. The molecule has 2 nitrogen and oxygen atoms in total. The van der Waals surface area contributed by atoms with E-state index in [2.05, 4.69) is 5.32 Å². The molecule has 1 rings (SSSR count). The van der Waals surface area contributed by atoms with Gasteiger partial charge in [-0.1, -0.05) is 0 Å². The van der Waals surface area contributed by atoms with Crippen LogP contribution in [-0.4, -0.2) is 35.8 Å². The summed E-state index contributed by atoms with van der Waals surface area (Å²) in [6.45, 7) is 2.39. The number of rotatable bonds is 1.